The Hall–Kier alpha value is -6.45. The zero-order chi connectivity index (χ0) is 31.9. The normalized spacial score (nSPS) is 11.3. The summed E-state index contributed by atoms with van der Waals surface area (Å²) in [5.41, 5.74) is 7.85. The zero-order valence-corrected chi connectivity index (χ0v) is 26.2. The number of rotatable bonds is 7. The van der Waals surface area contributed by atoms with Gasteiger partial charge in [0.15, 0.2) is 0 Å². The lowest BCUT2D eigenvalue weighted by Crippen LogP contribution is -2.12. The van der Waals surface area contributed by atoms with E-state index in [-0.39, 0.29) is 0 Å². The van der Waals surface area contributed by atoms with Crippen LogP contribution in [0.2, 0.25) is 0 Å². The molecular formula is C45H31N3. The van der Waals surface area contributed by atoms with Crippen molar-refractivity contribution in [1.82, 2.24) is 4.98 Å². The maximum atomic E-state index is 4.95. The van der Waals surface area contributed by atoms with Crippen LogP contribution >= 0.6 is 0 Å². The van der Waals surface area contributed by atoms with Gasteiger partial charge in [-0.1, -0.05) is 121 Å². The topological polar surface area (TPSA) is 19.4 Å². The minimum atomic E-state index is 0.873. The van der Waals surface area contributed by atoms with E-state index in [4.69, 9.17) is 4.98 Å². The summed E-state index contributed by atoms with van der Waals surface area (Å²) in [7, 11) is 0. The highest BCUT2D eigenvalue weighted by Crippen LogP contribution is 2.47. The van der Waals surface area contributed by atoms with Gasteiger partial charge >= 0.3 is 0 Å². The van der Waals surface area contributed by atoms with Gasteiger partial charge in [-0.05, 0) is 93.3 Å². The second-order valence-corrected chi connectivity index (χ2v) is 12.0. The first-order valence-electron chi connectivity index (χ1n) is 16.3. The molecule has 9 rings (SSSR count). The average Bonchev–Trinajstić information content (AvgIpc) is 3.17. The molecule has 0 fully saturated rings. The molecule has 48 heavy (non-hydrogen) atoms. The van der Waals surface area contributed by atoms with Crippen molar-refractivity contribution < 1.29 is 0 Å². The lowest BCUT2D eigenvalue weighted by atomic mass is 9.92. The van der Waals surface area contributed by atoms with Gasteiger partial charge in [0.05, 0.1) is 11.4 Å². The monoisotopic (exact) mass is 613 g/mol. The van der Waals surface area contributed by atoms with Crippen LogP contribution in [-0.4, -0.2) is 4.98 Å². The molecule has 226 valence electrons. The largest absolute Gasteiger partial charge is 0.310 e. The van der Waals surface area contributed by atoms with Crippen molar-refractivity contribution in [1.29, 1.82) is 0 Å². The number of anilines is 6. The van der Waals surface area contributed by atoms with Crippen LogP contribution in [0.25, 0.3) is 43.4 Å². The van der Waals surface area contributed by atoms with Crippen molar-refractivity contribution in [3.05, 3.63) is 188 Å². The van der Waals surface area contributed by atoms with Crippen LogP contribution < -0.4 is 9.80 Å². The number of aromatic nitrogens is 1. The molecule has 1 heterocycles. The Morgan fingerprint density at radius 2 is 0.792 bits per heavy atom. The van der Waals surface area contributed by atoms with Crippen molar-refractivity contribution >= 4 is 66.6 Å². The van der Waals surface area contributed by atoms with Gasteiger partial charge in [0.2, 0.25) is 0 Å². The molecule has 0 N–H and O–H groups in total. The molecule has 0 aliphatic heterocycles. The van der Waals surface area contributed by atoms with E-state index in [1.165, 1.54) is 37.9 Å². The van der Waals surface area contributed by atoms with E-state index in [0.29, 0.717) is 0 Å². The Morgan fingerprint density at radius 3 is 1.31 bits per heavy atom. The number of hydrogen-bond donors (Lipinski definition) is 0. The second-order valence-electron chi connectivity index (χ2n) is 12.0. The molecule has 0 unspecified atom stereocenters. The molecule has 0 aliphatic rings. The van der Waals surface area contributed by atoms with Crippen molar-refractivity contribution in [3.8, 4) is 11.1 Å². The van der Waals surface area contributed by atoms with Crippen LogP contribution in [0.15, 0.2) is 188 Å². The quantitative estimate of drug-likeness (QED) is 0.167. The molecule has 3 nitrogen and oxygen atoms in total. The fourth-order valence-electron chi connectivity index (χ4n) is 7.06. The molecule has 0 bridgehead atoms. The molecule has 0 spiro atoms. The fourth-order valence-corrected chi connectivity index (χ4v) is 7.06. The van der Waals surface area contributed by atoms with E-state index < -0.39 is 0 Å². The second kappa shape index (κ2) is 11.7. The summed E-state index contributed by atoms with van der Waals surface area (Å²) in [5.74, 6) is 0.873. The van der Waals surface area contributed by atoms with Crippen LogP contribution in [0.5, 0.6) is 0 Å². The van der Waals surface area contributed by atoms with Crippen molar-refractivity contribution in [2.45, 2.75) is 0 Å². The third-order valence-corrected chi connectivity index (χ3v) is 9.23. The summed E-state index contributed by atoms with van der Waals surface area (Å²) < 4.78 is 0. The highest BCUT2D eigenvalue weighted by atomic mass is 15.2. The van der Waals surface area contributed by atoms with Gasteiger partial charge in [0.25, 0.3) is 0 Å². The first-order valence-corrected chi connectivity index (χ1v) is 16.3. The lowest BCUT2D eigenvalue weighted by Gasteiger charge is -2.29. The molecule has 0 atom stereocenters. The van der Waals surface area contributed by atoms with Crippen LogP contribution in [0, 0.1) is 0 Å². The van der Waals surface area contributed by atoms with E-state index in [1.807, 2.05) is 6.20 Å². The van der Waals surface area contributed by atoms with Gasteiger partial charge in [0.1, 0.15) is 5.82 Å². The van der Waals surface area contributed by atoms with Gasteiger partial charge in [-0.2, -0.15) is 0 Å². The number of benzene rings is 8. The smallest absolute Gasteiger partial charge is 0.138 e. The van der Waals surface area contributed by atoms with E-state index in [2.05, 4.69) is 192 Å². The summed E-state index contributed by atoms with van der Waals surface area (Å²) in [4.78, 5) is 9.61. The number of nitrogens with zero attached hydrogens (tertiary/aromatic N) is 3. The summed E-state index contributed by atoms with van der Waals surface area (Å²) in [6.07, 6.45) is 1.91. The third-order valence-electron chi connectivity index (χ3n) is 9.23. The molecule has 3 heteroatoms. The molecule has 1 aromatic heterocycles. The van der Waals surface area contributed by atoms with E-state index in [0.717, 1.165) is 39.8 Å². The van der Waals surface area contributed by atoms with Gasteiger partial charge < -0.3 is 4.90 Å². The van der Waals surface area contributed by atoms with E-state index >= 15 is 0 Å². The highest BCUT2D eigenvalue weighted by molar-refractivity contribution is 6.28. The van der Waals surface area contributed by atoms with Gasteiger partial charge in [-0.15, -0.1) is 0 Å². The molecule has 0 amide bonds. The predicted molar refractivity (Wildman–Crippen MR) is 203 cm³/mol. The lowest BCUT2D eigenvalue weighted by molar-refractivity contribution is 1.19. The molecule has 0 aliphatic carbocycles. The van der Waals surface area contributed by atoms with Crippen LogP contribution in [0.3, 0.4) is 0 Å². The Morgan fingerprint density at radius 1 is 0.354 bits per heavy atom. The number of hydrogen-bond acceptors (Lipinski definition) is 3. The highest BCUT2D eigenvalue weighted by Gasteiger charge is 2.22. The van der Waals surface area contributed by atoms with E-state index in [1.54, 1.807) is 0 Å². The Labute approximate surface area is 279 Å². The fraction of sp³-hybridized carbons (Fsp3) is 0. The molecule has 0 saturated heterocycles. The molecule has 8 aromatic carbocycles. The van der Waals surface area contributed by atoms with Crippen LogP contribution in [0.1, 0.15) is 0 Å². The third kappa shape index (κ3) is 4.72. The standard InChI is InChI=1S/C45H31N3/c1-5-13-32(14-6-1)35-29-30-46-43(31-35)48(38-19-11-4-12-20-38)42-28-24-34-21-25-39-41(27-23-33-22-26-40(42)45(34)44(33)39)47(36-15-7-2-8-16-36)37-17-9-3-10-18-37/h1-31H. The molecular weight excluding hydrogens is 583 g/mol. The first-order chi connectivity index (χ1) is 23.8. The summed E-state index contributed by atoms with van der Waals surface area (Å²) in [6, 6.07) is 64.7. The Bertz CT molecular complexity index is 2460. The van der Waals surface area contributed by atoms with Crippen molar-refractivity contribution in [3.63, 3.8) is 0 Å². The molecule has 9 aromatic rings. The SMILES string of the molecule is c1ccc(-c2ccnc(N(c3ccccc3)c3ccc4ccc5c(N(c6ccccc6)c6ccccc6)ccc6ccc3c4c65)c2)cc1. The van der Waals surface area contributed by atoms with Crippen LogP contribution in [0.4, 0.5) is 34.3 Å². The minimum Gasteiger partial charge on any atom is -0.310 e. The van der Waals surface area contributed by atoms with Crippen molar-refractivity contribution in [2.75, 3.05) is 9.80 Å². The number of pyridine rings is 1. The minimum absolute atomic E-state index is 0.873. The summed E-state index contributed by atoms with van der Waals surface area (Å²) in [6.45, 7) is 0. The Balaban J connectivity index is 1.29. The maximum absolute atomic E-state index is 4.95. The summed E-state index contributed by atoms with van der Waals surface area (Å²) in [5, 5.41) is 7.36. The predicted octanol–water partition coefficient (Wildman–Crippen LogP) is 12.6. The molecule has 0 radical (unpaired) electrons. The van der Waals surface area contributed by atoms with Crippen molar-refractivity contribution in [2.24, 2.45) is 0 Å². The van der Waals surface area contributed by atoms with Gasteiger partial charge in [0, 0.05) is 34.0 Å². The van der Waals surface area contributed by atoms with E-state index in [9.17, 15) is 0 Å². The number of para-hydroxylation sites is 3. The van der Waals surface area contributed by atoms with Crippen LogP contribution in [-0.2, 0) is 0 Å². The zero-order valence-electron chi connectivity index (χ0n) is 26.2. The first kappa shape index (κ1) is 27.8. The molecule has 0 saturated carbocycles. The Kier molecular flexibility index (Phi) is 6.80. The van der Waals surface area contributed by atoms with Gasteiger partial charge in [-0.3, -0.25) is 4.90 Å². The summed E-state index contributed by atoms with van der Waals surface area (Å²) >= 11 is 0. The van der Waals surface area contributed by atoms with Gasteiger partial charge in [-0.25, -0.2) is 4.98 Å². The average molecular weight is 614 g/mol. The maximum Gasteiger partial charge on any atom is 0.138 e.